The Morgan fingerprint density at radius 2 is 1.79 bits per heavy atom. The number of halogens is 2. The first-order valence-electron chi connectivity index (χ1n) is 4.87. The van der Waals surface area contributed by atoms with Crippen LogP contribution >= 0.6 is 0 Å². The van der Waals surface area contributed by atoms with Gasteiger partial charge in [-0.05, 0) is 37.8 Å². The van der Waals surface area contributed by atoms with Gasteiger partial charge in [0.15, 0.2) is 11.6 Å². The van der Waals surface area contributed by atoms with Crippen molar-refractivity contribution in [2.45, 2.75) is 31.8 Å². The van der Waals surface area contributed by atoms with Crippen molar-refractivity contribution in [3.8, 4) is 5.75 Å². The number of ether oxygens (including phenoxy) is 1. The minimum atomic E-state index is -0.847. The Morgan fingerprint density at radius 1 is 1.07 bits per heavy atom. The van der Waals surface area contributed by atoms with Crippen molar-refractivity contribution in [3.63, 3.8) is 0 Å². The molecule has 1 saturated carbocycles. The highest BCUT2D eigenvalue weighted by atomic mass is 19.2. The highest BCUT2D eigenvalue weighted by molar-refractivity contribution is 5.23. The molecule has 1 aliphatic carbocycles. The Labute approximate surface area is 81.7 Å². The molecule has 1 fully saturated rings. The largest absolute Gasteiger partial charge is 0.490 e. The topological polar surface area (TPSA) is 9.23 Å². The molecule has 1 aliphatic rings. The average molecular weight is 198 g/mol. The van der Waals surface area contributed by atoms with Gasteiger partial charge in [0, 0.05) is 6.07 Å². The van der Waals surface area contributed by atoms with Gasteiger partial charge in [-0.3, -0.25) is 0 Å². The van der Waals surface area contributed by atoms with E-state index in [1.807, 2.05) is 0 Å². The van der Waals surface area contributed by atoms with E-state index in [1.165, 1.54) is 6.07 Å². The van der Waals surface area contributed by atoms with Gasteiger partial charge < -0.3 is 4.74 Å². The third kappa shape index (κ3) is 2.03. The zero-order chi connectivity index (χ0) is 9.97. The molecule has 0 aromatic heterocycles. The van der Waals surface area contributed by atoms with Crippen molar-refractivity contribution in [2.24, 2.45) is 0 Å². The van der Waals surface area contributed by atoms with E-state index in [4.69, 9.17) is 4.74 Å². The minimum Gasteiger partial charge on any atom is -0.490 e. The summed E-state index contributed by atoms with van der Waals surface area (Å²) in [5.41, 5.74) is 0. The molecule has 0 N–H and O–H groups in total. The molecular weight excluding hydrogens is 186 g/mol. The van der Waals surface area contributed by atoms with Crippen molar-refractivity contribution in [2.75, 3.05) is 0 Å². The first-order valence-corrected chi connectivity index (χ1v) is 4.87. The second-order valence-corrected chi connectivity index (χ2v) is 3.60. The SMILES string of the molecule is Fc1ccc(OC2CCCC2)cc1F. The predicted molar refractivity (Wildman–Crippen MR) is 49.2 cm³/mol. The minimum absolute atomic E-state index is 0.180. The lowest BCUT2D eigenvalue weighted by Crippen LogP contribution is -2.10. The van der Waals surface area contributed by atoms with Crippen molar-refractivity contribution >= 4 is 0 Å². The van der Waals surface area contributed by atoms with Gasteiger partial charge in [-0.15, -0.1) is 0 Å². The third-order valence-electron chi connectivity index (χ3n) is 2.50. The molecule has 0 radical (unpaired) electrons. The Morgan fingerprint density at radius 3 is 2.43 bits per heavy atom. The second kappa shape index (κ2) is 3.95. The van der Waals surface area contributed by atoms with Crippen molar-refractivity contribution in [3.05, 3.63) is 29.8 Å². The highest BCUT2D eigenvalue weighted by Gasteiger charge is 2.16. The summed E-state index contributed by atoms with van der Waals surface area (Å²) >= 11 is 0. The van der Waals surface area contributed by atoms with Crippen LogP contribution in [0.2, 0.25) is 0 Å². The van der Waals surface area contributed by atoms with E-state index in [0.29, 0.717) is 5.75 Å². The first-order chi connectivity index (χ1) is 6.75. The van der Waals surface area contributed by atoms with E-state index >= 15 is 0 Å². The van der Waals surface area contributed by atoms with E-state index in [-0.39, 0.29) is 6.10 Å². The molecule has 0 spiro atoms. The molecule has 0 bridgehead atoms. The molecule has 2 rings (SSSR count). The fourth-order valence-electron chi connectivity index (χ4n) is 1.75. The van der Waals surface area contributed by atoms with E-state index in [9.17, 15) is 8.78 Å². The van der Waals surface area contributed by atoms with Crippen LogP contribution in [0.4, 0.5) is 8.78 Å². The number of rotatable bonds is 2. The Hall–Kier alpha value is -1.12. The average Bonchev–Trinajstić information content (AvgIpc) is 2.64. The molecule has 0 amide bonds. The fourth-order valence-corrected chi connectivity index (χ4v) is 1.75. The molecule has 1 aromatic rings. The van der Waals surface area contributed by atoms with Crippen molar-refractivity contribution in [1.29, 1.82) is 0 Å². The molecular formula is C11H12F2O. The molecule has 14 heavy (non-hydrogen) atoms. The Balaban J connectivity index is 2.05. The van der Waals surface area contributed by atoms with Crippen LogP contribution in [0.15, 0.2) is 18.2 Å². The smallest absolute Gasteiger partial charge is 0.162 e. The molecule has 1 nitrogen and oxygen atoms in total. The van der Waals surface area contributed by atoms with Gasteiger partial charge >= 0.3 is 0 Å². The molecule has 0 unspecified atom stereocenters. The molecule has 3 heteroatoms. The van der Waals surface area contributed by atoms with Gasteiger partial charge in [-0.2, -0.15) is 0 Å². The summed E-state index contributed by atoms with van der Waals surface area (Å²) in [5, 5.41) is 0. The standard InChI is InChI=1S/C11H12F2O/c12-10-6-5-9(7-11(10)13)14-8-3-1-2-4-8/h5-8H,1-4H2. The van der Waals surface area contributed by atoms with Crippen LogP contribution in [-0.2, 0) is 0 Å². The molecule has 0 saturated heterocycles. The first kappa shape index (κ1) is 9.44. The van der Waals surface area contributed by atoms with Gasteiger partial charge in [0.25, 0.3) is 0 Å². The maximum atomic E-state index is 12.8. The molecule has 0 heterocycles. The maximum absolute atomic E-state index is 12.8. The zero-order valence-corrected chi connectivity index (χ0v) is 7.80. The van der Waals surface area contributed by atoms with Crippen molar-refractivity contribution < 1.29 is 13.5 Å². The quantitative estimate of drug-likeness (QED) is 0.708. The van der Waals surface area contributed by atoms with Crippen LogP contribution in [-0.4, -0.2) is 6.10 Å². The normalized spacial score (nSPS) is 17.3. The zero-order valence-electron chi connectivity index (χ0n) is 7.80. The monoisotopic (exact) mass is 198 g/mol. The van der Waals surface area contributed by atoms with Gasteiger partial charge in [-0.1, -0.05) is 0 Å². The van der Waals surface area contributed by atoms with Gasteiger partial charge in [0.05, 0.1) is 6.10 Å². The molecule has 1 aromatic carbocycles. The van der Waals surface area contributed by atoms with E-state index < -0.39 is 11.6 Å². The van der Waals surface area contributed by atoms with Crippen LogP contribution in [0.25, 0.3) is 0 Å². The Kier molecular flexibility index (Phi) is 2.66. The number of hydrogen-bond acceptors (Lipinski definition) is 1. The lowest BCUT2D eigenvalue weighted by atomic mass is 10.3. The predicted octanol–water partition coefficient (Wildman–Crippen LogP) is 3.29. The fraction of sp³-hybridized carbons (Fsp3) is 0.455. The van der Waals surface area contributed by atoms with Crippen LogP contribution in [0.3, 0.4) is 0 Å². The summed E-state index contributed by atoms with van der Waals surface area (Å²) in [4.78, 5) is 0. The lowest BCUT2D eigenvalue weighted by Gasteiger charge is -2.12. The highest BCUT2D eigenvalue weighted by Crippen LogP contribution is 2.24. The summed E-state index contributed by atoms with van der Waals surface area (Å²) in [6.45, 7) is 0. The lowest BCUT2D eigenvalue weighted by molar-refractivity contribution is 0.208. The third-order valence-corrected chi connectivity index (χ3v) is 2.50. The van der Waals surface area contributed by atoms with Crippen molar-refractivity contribution in [1.82, 2.24) is 0 Å². The number of benzene rings is 1. The summed E-state index contributed by atoms with van der Waals surface area (Å²) in [6, 6.07) is 3.67. The van der Waals surface area contributed by atoms with E-state index in [2.05, 4.69) is 0 Å². The number of hydrogen-bond donors (Lipinski definition) is 0. The van der Waals surface area contributed by atoms with Gasteiger partial charge in [-0.25, -0.2) is 8.78 Å². The second-order valence-electron chi connectivity index (χ2n) is 3.60. The summed E-state index contributed by atoms with van der Waals surface area (Å²) in [6.07, 6.45) is 4.53. The van der Waals surface area contributed by atoms with E-state index in [1.54, 1.807) is 0 Å². The van der Waals surface area contributed by atoms with Gasteiger partial charge in [0.2, 0.25) is 0 Å². The summed E-state index contributed by atoms with van der Waals surface area (Å²) < 4.78 is 30.9. The van der Waals surface area contributed by atoms with Crippen LogP contribution in [0.1, 0.15) is 25.7 Å². The van der Waals surface area contributed by atoms with Gasteiger partial charge in [0.1, 0.15) is 5.75 Å². The molecule has 0 atom stereocenters. The maximum Gasteiger partial charge on any atom is 0.162 e. The van der Waals surface area contributed by atoms with Crippen LogP contribution in [0, 0.1) is 11.6 Å². The summed E-state index contributed by atoms with van der Waals surface area (Å²) in [5.74, 6) is -1.25. The summed E-state index contributed by atoms with van der Waals surface area (Å²) in [7, 11) is 0. The van der Waals surface area contributed by atoms with E-state index in [0.717, 1.165) is 37.8 Å². The van der Waals surface area contributed by atoms with Crippen LogP contribution in [0.5, 0.6) is 5.75 Å². The molecule has 0 aliphatic heterocycles. The Bertz CT molecular complexity index is 319. The molecule has 76 valence electrons. The van der Waals surface area contributed by atoms with Crippen LogP contribution < -0.4 is 4.74 Å².